The molecule has 0 atom stereocenters. The lowest BCUT2D eigenvalue weighted by atomic mass is 10.1. The van der Waals surface area contributed by atoms with Gasteiger partial charge in [0.1, 0.15) is 12.5 Å². The zero-order valence-corrected chi connectivity index (χ0v) is 16.4. The number of rotatable bonds is 4. The van der Waals surface area contributed by atoms with Crippen molar-refractivity contribution in [3.05, 3.63) is 77.9 Å². The molecule has 9 heteroatoms. The van der Waals surface area contributed by atoms with Crippen molar-refractivity contribution in [1.29, 1.82) is 0 Å². The number of anilines is 2. The summed E-state index contributed by atoms with van der Waals surface area (Å²) in [5.41, 5.74) is 0.685. The largest absolute Gasteiger partial charge is 0.417 e. The summed E-state index contributed by atoms with van der Waals surface area (Å²) in [5.74, 6) is 0.675. The van der Waals surface area contributed by atoms with Gasteiger partial charge in [0.15, 0.2) is 11.6 Å². The number of para-hydroxylation sites is 1. The van der Waals surface area contributed by atoms with Gasteiger partial charge in [0.05, 0.1) is 16.6 Å². The van der Waals surface area contributed by atoms with E-state index in [0.717, 1.165) is 6.07 Å². The van der Waals surface area contributed by atoms with E-state index in [4.69, 9.17) is 0 Å². The molecule has 2 heterocycles. The highest BCUT2D eigenvalue weighted by Gasteiger charge is 2.34. The first kappa shape index (κ1) is 19.9. The number of nitrogens with zero attached hydrogens (tertiary/aromatic N) is 3. The summed E-state index contributed by atoms with van der Waals surface area (Å²) in [4.78, 5) is 8.80. The molecular weight excluding hydrogens is 422 g/mol. The number of nitrogens with one attached hydrogen (secondary N) is 2. The molecular formula is C23H15F4N5. The molecule has 5 nitrogen and oxygen atoms in total. The first-order valence-electron chi connectivity index (χ1n) is 9.67. The molecule has 0 fully saturated rings. The lowest BCUT2D eigenvalue weighted by Gasteiger charge is -2.14. The van der Waals surface area contributed by atoms with Gasteiger partial charge in [0.2, 0.25) is 0 Å². The van der Waals surface area contributed by atoms with Crippen LogP contribution < -0.4 is 5.32 Å². The van der Waals surface area contributed by atoms with Gasteiger partial charge < -0.3 is 5.32 Å². The minimum Gasteiger partial charge on any atom is -0.322 e. The van der Waals surface area contributed by atoms with Gasteiger partial charge in [-0.1, -0.05) is 36.4 Å². The van der Waals surface area contributed by atoms with Crippen LogP contribution in [0.2, 0.25) is 0 Å². The smallest absolute Gasteiger partial charge is 0.322 e. The van der Waals surface area contributed by atoms with E-state index in [1.54, 1.807) is 42.5 Å². The zero-order valence-electron chi connectivity index (χ0n) is 16.4. The normalized spacial score (nSPS) is 11.9. The predicted octanol–water partition coefficient (Wildman–Crippen LogP) is 6.41. The van der Waals surface area contributed by atoms with Crippen LogP contribution in [-0.2, 0) is 12.9 Å². The molecule has 5 aromatic rings. The Hall–Kier alpha value is -4.01. The first-order valence-corrected chi connectivity index (χ1v) is 9.67. The molecule has 0 amide bonds. The minimum atomic E-state index is -4.55. The van der Waals surface area contributed by atoms with E-state index in [1.807, 2.05) is 0 Å². The van der Waals surface area contributed by atoms with E-state index in [0.29, 0.717) is 39.0 Å². The van der Waals surface area contributed by atoms with Gasteiger partial charge in [-0.3, -0.25) is 5.10 Å². The van der Waals surface area contributed by atoms with Gasteiger partial charge in [-0.25, -0.2) is 14.4 Å². The fraction of sp³-hybridized carbons (Fsp3) is 0.0870. The second-order valence-electron chi connectivity index (χ2n) is 7.17. The lowest BCUT2D eigenvalue weighted by Crippen LogP contribution is -2.08. The standard InChI is InChI=1S/C23H15F4N5/c24-12-13-9-10-16-19(11-13)31-32-22(16)30-21-15-6-2-4-8-18(15)28-20(29-21)14-5-1-3-7-17(14)23(25,26)27/h1-11H,12H2,(H2,28,29,30,31,32). The third-order valence-electron chi connectivity index (χ3n) is 5.09. The van der Waals surface area contributed by atoms with Crippen LogP contribution in [0, 0.1) is 0 Å². The maximum atomic E-state index is 13.6. The van der Waals surface area contributed by atoms with Crippen LogP contribution in [0.25, 0.3) is 33.2 Å². The fourth-order valence-corrected chi connectivity index (χ4v) is 3.57. The molecule has 0 saturated carbocycles. The summed E-state index contributed by atoms with van der Waals surface area (Å²) in [7, 11) is 0. The van der Waals surface area contributed by atoms with Crippen molar-refractivity contribution in [1.82, 2.24) is 20.2 Å². The van der Waals surface area contributed by atoms with Gasteiger partial charge in [-0.05, 0) is 35.9 Å². The number of aromatic amines is 1. The number of hydrogen-bond donors (Lipinski definition) is 2. The molecule has 0 unspecified atom stereocenters. The molecule has 0 radical (unpaired) electrons. The summed E-state index contributed by atoms with van der Waals surface area (Å²) in [6, 6.07) is 17.2. The lowest BCUT2D eigenvalue weighted by molar-refractivity contribution is -0.137. The average molecular weight is 437 g/mol. The van der Waals surface area contributed by atoms with Crippen molar-refractivity contribution in [2.75, 3.05) is 5.32 Å². The fourth-order valence-electron chi connectivity index (χ4n) is 3.57. The first-order chi connectivity index (χ1) is 15.4. The number of halogens is 4. The van der Waals surface area contributed by atoms with Gasteiger partial charge >= 0.3 is 6.18 Å². The van der Waals surface area contributed by atoms with Crippen molar-refractivity contribution >= 4 is 33.4 Å². The predicted molar refractivity (Wildman–Crippen MR) is 114 cm³/mol. The Kier molecular flexibility index (Phi) is 4.73. The van der Waals surface area contributed by atoms with E-state index in [-0.39, 0.29) is 11.4 Å². The van der Waals surface area contributed by atoms with Gasteiger partial charge in [-0.15, -0.1) is 0 Å². The second-order valence-corrected chi connectivity index (χ2v) is 7.17. The van der Waals surface area contributed by atoms with E-state index in [1.165, 1.54) is 18.2 Å². The van der Waals surface area contributed by atoms with Crippen LogP contribution in [0.3, 0.4) is 0 Å². The molecule has 0 aliphatic heterocycles. The van der Waals surface area contributed by atoms with E-state index in [9.17, 15) is 17.6 Å². The Morgan fingerprint density at radius 3 is 2.44 bits per heavy atom. The maximum absolute atomic E-state index is 13.6. The molecule has 0 bridgehead atoms. The summed E-state index contributed by atoms with van der Waals surface area (Å²) in [6.07, 6.45) is -4.55. The Balaban J connectivity index is 1.67. The summed E-state index contributed by atoms with van der Waals surface area (Å²) < 4.78 is 53.7. The Morgan fingerprint density at radius 2 is 1.62 bits per heavy atom. The van der Waals surface area contributed by atoms with Crippen LogP contribution >= 0.6 is 0 Å². The van der Waals surface area contributed by atoms with E-state index in [2.05, 4.69) is 25.5 Å². The van der Waals surface area contributed by atoms with Crippen LogP contribution in [-0.4, -0.2) is 20.2 Å². The Bertz CT molecular complexity index is 1440. The molecule has 2 N–H and O–H groups in total. The van der Waals surface area contributed by atoms with Gasteiger partial charge in [0, 0.05) is 16.3 Å². The van der Waals surface area contributed by atoms with Gasteiger partial charge in [-0.2, -0.15) is 18.3 Å². The van der Waals surface area contributed by atoms with Gasteiger partial charge in [0.25, 0.3) is 0 Å². The Morgan fingerprint density at radius 1 is 0.844 bits per heavy atom. The van der Waals surface area contributed by atoms with E-state index >= 15 is 0 Å². The average Bonchev–Trinajstić information content (AvgIpc) is 3.20. The van der Waals surface area contributed by atoms with Crippen LogP contribution in [0.15, 0.2) is 66.7 Å². The van der Waals surface area contributed by atoms with Crippen LogP contribution in [0.1, 0.15) is 11.1 Å². The summed E-state index contributed by atoms with van der Waals surface area (Å²) in [5, 5.41) is 11.5. The SMILES string of the molecule is FCc1ccc2c(Nc3nc(-c4ccccc4C(F)(F)F)nc4ccccc34)n[nH]c2c1. The molecule has 32 heavy (non-hydrogen) atoms. The number of aromatic nitrogens is 4. The quantitative estimate of drug-likeness (QED) is 0.319. The topological polar surface area (TPSA) is 66.5 Å². The zero-order chi connectivity index (χ0) is 22.3. The third-order valence-corrected chi connectivity index (χ3v) is 5.09. The highest BCUT2D eigenvalue weighted by Crippen LogP contribution is 2.37. The van der Waals surface area contributed by atoms with Crippen molar-refractivity contribution in [2.45, 2.75) is 12.9 Å². The molecule has 0 spiro atoms. The molecule has 160 valence electrons. The number of hydrogen-bond acceptors (Lipinski definition) is 4. The number of benzene rings is 3. The number of alkyl halides is 4. The summed E-state index contributed by atoms with van der Waals surface area (Å²) in [6.45, 7) is -0.601. The van der Waals surface area contributed by atoms with Crippen molar-refractivity contribution < 1.29 is 17.6 Å². The number of H-pyrrole nitrogens is 1. The Labute approximate surface area is 179 Å². The monoisotopic (exact) mass is 437 g/mol. The van der Waals surface area contributed by atoms with Crippen molar-refractivity contribution in [3.8, 4) is 11.4 Å². The van der Waals surface area contributed by atoms with Crippen molar-refractivity contribution in [3.63, 3.8) is 0 Å². The second kappa shape index (κ2) is 7.60. The van der Waals surface area contributed by atoms with Crippen molar-refractivity contribution in [2.24, 2.45) is 0 Å². The van der Waals surface area contributed by atoms with Crippen LogP contribution in [0.5, 0.6) is 0 Å². The molecule has 5 rings (SSSR count). The van der Waals surface area contributed by atoms with Crippen LogP contribution in [0.4, 0.5) is 29.2 Å². The van der Waals surface area contributed by atoms with E-state index < -0.39 is 18.4 Å². The summed E-state index contributed by atoms with van der Waals surface area (Å²) >= 11 is 0. The maximum Gasteiger partial charge on any atom is 0.417 e. The highest BCUT2D eigenvalue weighted by atomic mass is 19.4. The molecule has 0 aliphatic carbocycles. The highest BCUT2D eigenvalue weighted by molar-refractivity contribution is 5.97. The number of fused-ring (bicyclic) bond motifs is 2. The minimum absolute atomic E-state index is 0.0568. The molecule has 2 aromatic heterocycles. The molecule has 0 saturated heterocycles. The molecule has 3 aromatic carbocycles. The third kappa shape index (κ3) is 3.51. The molecule has 0 aliphatic rings.